The van der Waals surface area contributed by atoms with Crippen molar-refractivity contribution in [3.8, 4) is 11.6 Å². The Morgan fingerprint density at radius 3 is 2.47 bits per heavy atom. The summed E-state index contributed by atoms with van der Waals surface area (Å²) in [6.07, 6.45) is -5.12. The monoisotopic (exact) mass is 254 g/mol. The first-order valence-corrected chi connectivity index (χ1v) is 3.96. The number of nitro groups is 1. The Morgan fingerprint density at radius 1 is 1.47 bits per heavy atom. The molecule has 1 aromatic rings. The van der Waals surface area contributed by atoms with E-state index in [1.807, 2.05) is 0 Å². The van der Waals surface area contributed by atoms with Crippen LogP contribution in [0, 0.1) is 10.1 Å². The Hall–Kier alpha value is -2.26. The van der Waals surface area contributed by atoms with Gasteiger partial charge in [-0.2, -0.15) is 0 Å². The number of rotatable bonds is 3. The fourth-order valence-electron chi connectivity index (χ4n) is 0.976. The maximum absolute atomic E-state index is 11.9. The highest BCUT2D eigenvalue weighted by atomic mass is 19.4. The molecule has 0 fully saturated rings. The molecule has 0 saturated heterocycles. The molecule has 1 rings (SSSR count). The van der Waals surface area contributed by atoms with Crippen molar-refractivity contribution < 1.29 is 27.6 Å². The van der Waals surface area contributed by atoms with Gasteiger partial charge in [-0.1, -0.05) is 0 Å². The number of H-pyrrole nitrogens is 1. The molecule has 0 aliphatic heterocycles. The zero-order chi connectivity index (χ0) is 13.2. The van der Waals surface area contributed by atoms with Gasteiger partial charge in [0.2, 0.25) is 5.75 Å². The first-order chi connectivity index (χ1) is 7.74. The predicted molar refractivity (Wildman–Crippen MR) is 47.0 cm³/mol. The van der Waals surface area contributed by atoms with Crippen LogP contribution in [0.25, 0.3) is 0 Å². The highest BCUT2D eigenvalue weighted by Crippen LogP contribution is 2.28. The van der Waals surface area contributed by atoms with Crippen LogP contribution in [0.15, 0.2) is 10.9 Å². The third-order valence-corrected chi connectivity index (χ3v) is 1.58. The number of aromatic nitrogens is 1. The molecule has 0 aliphatic rings. The van der Waals surface area contributed by atoms with E-state index >= 15 is 0 Å². The van der Waals surface area contributed by atoms with Crippen LogP contribution < -0.4 is 15.0 Å². The molecule has 0 aromatic carbocycles. The van der Waals surface area contributed by atoms with E-state index in [1.165, 1.54) is 0 Å². The number of nitrogens with one attached hydrogen (secondary N) is 1. The summed E-state index contributed by atoms with van der Waals surface area (Å²) in [6.45, 7) is 0. The van der Waals surface area contributed by atoms with Gasteiger partial charge >= 0.3 is 12.0 Å². The summed E-state index contributed by atoms with van der Waals surface area (Å²) < 4.78 is 43.3. The molecule has 7 nitrogen and oxygen atoms in total. The molecule has 17 heavy (non-hydrogen) atoms. The standard InChI is InChI=1S/C7H5F3N2O5/c1-16-6-3(12(14)15)2-4(5(13)11-6)17-7(8,9)10/h2H,1H3,(H,11,13). The van der Waals surface area contributed by atoms with E-state index in [2.05, 4.69) is 9.47 Å². The quantitative estimate of drug-likeness (QED) is 0.645. The average molecular weight is 254 g/mol. The van der Waals surface area contributed by atoms with Crippen LogP contribution in [0.4, 0.5) is 18.9 Å². The highest BCUT2D eigenvalue weighted by Gasteiger charge is 2.33. The molecule has 0 aliphatic carbocycles. The van der Waals surface area contributed by atoms with Gasteiger partial charge in [0.1, 0.15) is 0 Å². The van der Waals surface area contributed by atoms with Crippen molar-refractivity contribution in [1.29, 1.82) is 0 Å². The molecule has 0 spiro atoms. The van der Waals surface area contributed by atoms with E-state index in [0.717, 1.165) is 7.11 Å². The summed E-state index contributed by atoms with van der Waals surface area (Å²) in [4.78, 5) is 22.3. The zero-order valence-corrected chi connectivity index (χ0v) is 8.20. The van der Waals surface area contributed by atoms with E-state index in [-0.39, 0.29) is 0 Å². The van der Waals surface area contributed by atoms with Gasteiger partial charge in [0.15, 0.2) is 0 Å². The van der Waals surface area contributed by atoms with Crippen LogP contribution >= 0.6 is 0 Å². The molecule has 1 N–H and O–H groups in total. The molecule has 0 amide bonds. The summed E-state index contributed by atoms with van der Waals surface area (Å²) in [6, 6.07) is 0.338. The van der Waals surface area contributed by atoms with Crippen molar-refractivity contribution in [2.24, 2.45) is 0 Å². The Morgan fingerprint density at radius 2 is 2.06 bits per heavy atom. The summed E-state index contributed by atoms with van der Waals surface area (Å²) in [5, 5.41) is 10.5. The van der Waals surface area contributed by atoms with Crippen LogP contribution in [-0.2, 0) is 0 Å². The SMILES string of the molecule is COc1[nH]c(=O)c(OC(F)(F)F)cc1[N+](=O)[O-]. The van der Waals surface area contributed by atoms with Gasteiger partial charge < -0.3 is 9.47 Å². The van der Waals surface area contributed by atoms with Crippen LogP contribution in [0.1, 0.15) is 0 Å². The lowest BCUT2D eigenvalue weighted by Crippen LogP contribution is -2.23. The minimum absolute atomic E-state index is 0.338. The second-order valence-corrected chi connectivity index (χ2v) is 2.69. The summed E-state index contributed by atoms with van der Waals surface area (Å²) >= 11 is 0. The Bertz CT molecular complexity index is 495. The molecule has 10 heteroatoms. The third-order valence-electron chi connectivity index (χ3n) is 1.58. The molecule has 0 atom stereocenters. The molecule has 94 valence electrons. The maximum Gasteiger partial charge on any atom is 0.573 e. The van der Waals surface area contributed by atoms with Crippen molar-refractivity contribution in [2.75, 3.05) is 7.11 Å². The first kappa shape index (κ1) is 12.8. The predicted octanol–water partition coefficient (Wildman–Crippen LogP) is 1.19. The summed E-state index contributed by atoms with van der Waals surface area (Å²) in [5.41, 5.74) is -2.13. The third kappa shape index (κ3) is 3.09. The number of alkyl halides is 3. The number of ether oxygens (including phenoxy) is 2. The van der Waals surface area contributed by atoms with E-state index in [1.54, 1.807) is 4.98 Å². The molecule has 0 saturated carbocycles. The minimum Gasteiger partial charge on any atom is -0.477 e. The van der Waals surface area contributed by atoms with Crippen molar-refractivity contribution in [2.45, 2.75) is 6.36 Å². The number of halogens is 3. The maximum atomic E-state index is 11.9. The number of methoxy groups -OCH3 is 1. The smallest absolute Gasteiger partial charge is 0.477 e. The normalized spacial score (nSPS) is 11.1. The molecule has 0 unspecified atom stereocenters. The van der Waals surface area contributed by atoms with Gasteiger partial charge in [0.05, 0.1) is 18.1 Å². The molecule has 1 aromatic heterocycles. The lowest BCUT2D eigenvalue weighted by atomic mass is 10.4. The number of pyridine rings is 1. The topological polar surface area (TPSA) is 94.5 Å². The first-order valence-electron chi connectivity index (χ1n) is 3.96. The van der Waals surface area contributed by atoms with Crippen LogP contribution in [0.5, 0.6) is 11.6 Å². The van der Waals surface area contributed by atoms with Crippen molar-refractivity contribution in [1.82, 2.24) is 4.98 Å². The van der Waals surface area contributed by atoms with Gasteiger partial charge in [-0.3, -0.25) is 19.9 Å². The lowest BCUT2D eigenvalue weighted by molar-refractivity contribution is -0.386. The highest BCUT2D eigenvalue weighted by molar-refractivity contribution is 5.45. The van der Waals surface area contributed by atoms with E-state index in [9.17, 15) is 28.1 Å². The van der Waals surface area contributed by atoms with E-state index in [4.69, 9.17) is 0 Å². The second-order valence-electron chi connectivity index (χ2n) is 2.69. The average Bonchev–Trinajstić information content (AvgIpc) is 2.18. The van der Waals surface area contributed by atoms with Gasteiger partial charge in [0.25, 0.3) is 11.4 Å². The fourth-order valence-corrected chi connectivity index (χ4v) is 0.976. The number of aromatic amines is 1. The molecular formula is C7H5F3N2O5. The Kier molecular flexibility index (Phi) is 3.25. The van der Waals surface area contributed by atoms with Crippen molar-refractivity contribution >= 4 is 5.69 Å². The Labute approximate surface area is 90.9 Å². The number of hydrogen-bond donors (Lipinski definition) is 1. The molecule has 0 bridgehead atoms. The largest absolute Gasteiger partial charge is 0.573 e. The van der Waals surface area contributed by atoms with Gasteiger partial charge in [0, 0.05) is 0 Å². The van der Waals surface area contributed by atoms with Crippen LogP contribution in [-0.4, -0.2) is 23.4 Å². The molecular weight excluding hydrogens is 249 g/mol. The lowest BCUT2D eigenvalue weighted by Gasteiger charge is -2.08. The summed E-state index contributed by atoms with van der Waals surface area (Å²) in [7, 11) is 1.02. The fraction of sp³-hybridized carbons (Fsp3) is 0.286. The van der Waals surface area contributed by atoms with Crippen molar-refractivity contribution in [3.63, 3.8) is 0 Å². The van der Waals surface area contributed by atoms with E-state index in [0.29, 0.717) is 6.07 Å². The second kappa shape index (κ2) is 4.31. The van der Waals surface area contributed by atoms with Crippen LogP contribution in [0.2, 0.25) is 0 Å². The summed E-state index contributed by atoms with van der Waals surface area (Å²) in [5.74, 6) is -1.79. The van der Waals surface area contributed by atoms with Gasteiger partial charge in [-0.25, -0.2) is 0 Å². The molecule has 0 radical (unpaired) electrons. The Balaban J connectivity index is 3.30. The zero-order valence-electron chi connectivity index (χ0n) is 8.20. The minimum atomic E-state index is -5.12. The number of hydrogen-bond acceptors (Lipinski definition) is 5. The van der Waals surface area contributed by atoms with Crippen LogP contribution in [0.3, 0.4) is 0 Å². The molecule has 1 heterocycles. The number of nitrogens with zero attached hydrogens (tertiary/aromatic N) is 1. The van der Waals surface area contributed by atoms with Gasteiger partial charge in [-0.05, 0) is 0 Å². The van der Waals surface area contributed by atoms with Gasteiger partial charge in [-0.15, -0.1) is 13.2 Å². The van der Waals surface area contributed by atoms with E-state index < -0.39 is 34.2 Å². The van der Waals surface area contributed by atoms with Crippen molar-refractivity contribution in [3.05, 3.63) is 26.5 Å².